The lowest BCUT2D eigenvalue weighted by Gasteiger charge is -2.33. The predicted octanol–water partition coefficient (Wildman–Crippen LogP) is 0.601. The monoisotopic (exact) mass is 257 g/mol. The highest BCUT2D eigenvalue weighted by atomic mass is 16.5. The van der Waals surface area contributed by atoms with Crippen molar-refractivity contribution in [3.63, 3.8) is 0 Å². The van der Waals surface area contributed by atoms with Crippen molar-refractivity contribution in [2.24, 2.45) is 5.92 Å². The van der Waals surface area contributed by atoms with E-state index in [1.807, 2.05) is 11.8 Å². The summed E-state index contributed by atoms with van der Waals surface area (Å²) in [5.41, 5.74) is 0. The summed E-state index contributed by atoms with van der Waals surface area (Å²) in [5, 5.41) is 9.72. The Morgan fingerprint density at radius 2 is 2.11 bits per heavy atom. The number of carbonyl (C=O) groups is 2. The van der Waals surface area contributed by atoms with Gasteiger partial charge in [0.15, 0.2) is 0 Å². The molecule has 2 atom stereocenters. The summed E-state index contributed by atoms with van der Waals surface area (Å²) in [4.78, 5) is 24.7. The number of carbonyl (C=O) groups excluding carboxylic acids is 2. The highest BCUT2D eigenvalue weighted by molar-refractivity contribution is 5.84. The zero-order chi connectivity index (χ0) is 13.5. The first kappa shape index (κ1) is 15.1. The Morgan fingerprint density at radius 3 is 2.72 bits per heavy atom. The van der Waals surface area contributed by atoms with Gasteiger partial charge in [0.1, 0.15) is 5.78 Å². The Labute approximate surface area is 108 Å². The van der Waals surface area contributed by atoms with E-state index in [9.17, 15) is 14.7 Å². The lowest BCUT2D eigenvalue weighted by molar-refractivity contribution is -0.144. The molecule has 0 radical (unpaired) electrons. The van der Waals surface area contributed by atoms with Crippen LogP contribution in [0, 0.1) is 5.92 Å². The fourth-order valence-corrected chi connectivity index (χ4v) is 2.06. The average Bonchev–Trinajstić information content (AvgIpc) is 2.32. The molecule has 1 rings (SSSR count). The summed E-state index contributed by atoms with van der Waals surface area (Å²) < 4.78 is 4.77. The molecule has 0 aromatic heterocycles. The maximum Gasteiger partial charge on any atom is 0.306 e. The molecule has 18 heavy (non-hydrogen) atoms. The molecule has 1 aliphatic heterocycles. The molecule has 1 N–H and O–H groups in total. The van der Waals surface area contributed by atoms with Crippen LogP contribution in [0.3, 0.4) is 0 Å². The number of β-amino-alcohol motifs (C(OH)–C–C–N with tert-alkyl or cyclic N) is 1. The number of rotatable bonds is 6. The Hall–Kier alpha value is -0.940. The van der Waals surface area contributed by atoms with Crippen molar-refractivity contribution in [1.82, 2.24) is 4.90 Å². The SMILES string of the molecule is CCOC(=O)CCC(=O)CN1CCC(C)C(O)C1. The maximum atomic E-state index is 11.7. The third-order valence-electron chi connectivity index (χ3n) is 3.32. The van der Waals surface area contributed by atoms with E-state index in [1.165, 1.54) is 0 Å². The molecule has 104 valence electrons. The van der Waals surface area contributed by atoms with Crippen molar-refractivity contribution in [1.29, 1.82) is 0 Å². The number of ketones is 1. The van der Waals surface area contributed by atoms with Crippen LogP contribution in [0.25, 0.3) is 0 Å². The minimum Gasteiger partial charge on any atom is -0.466 e. The van der Waals surface area contributed by atoms with Crippen LogP contribution in [0.2, 0.25) is 0 Å². The van der Waals surface area contributed by atoms with E-state index in [4.69, 9.17) is 4.74 Å². The van der Waals surface area contributed by atoms with E-state index in [-0.39, 0.29) is 30.7 Å². The molecule has 0 aromatic carbocycles. The van der Waals surface area contributed by atoms with Gasteiger partial charge < -0.3 is 9.84 Å². The summed E-state index contributed by atoms with van der Waals surface area (Å²) in [5.74, 6) is 0.0128. The van der Waals surface area contributed by atoms with Gasteiger partial charge >= 0.3 is 5.97 Å². The Bertz CT molecular complexity index is 293. The molecule has 1 fully saturated rings. The standard InChI is InChI=1S/C13H23NO4/c1-3-18-13(17)5-4-11(15)8-14-7-6-10(2)12(16)9-14/h10,12,16H,3-9H2,1-2H3. The molecule has 1 aliphatic rings. The number of hydrogen-bond donors (Lipinski definition) is 1. The van der Waals surface area contributed by atoms with Crippen LogP contribution in [0.5, 0.6) is 0 Å². The van der Waals surface area contributed by atoms with Gasteiger partial charge in [0, 0.05) is 13.0 Å². The minimum atomic E-state index is -0.350. The first-order chi connectivity index (χ1) is 8.52. The number of hydrogen-bond acceptors (Lipinski definition) is 5. The van der Waals surface area contributed by atoms with E-state index >= 15 is 0 Å². The summed E-state index contributed by atoms with van der Waals surface area (Å²) in [6, 6.07) is 0. The van der Waals surface area contributed by atoms with Gasteiger partial charge in [-0.1, -0.05) is 6.92 Å². The number of piperidine rings is 1. The van der Waals surface area contributed by atoms with Crippen LogP contribution in [-0.4, -0.2) is 54.1 Å². The largest absolute Gasteiger partial charge is 0.466 e. The predicted molar refractivity (Wildman–Crippen MR) is 67.1 cm³/mol. The molecule has 5 heteroatoms. The molecular weight excluding hydrogens is 234 g/mol. The number of nitrogens with zero attached hydrogens (tertiary/aromatic N) is 1. The van der Waals surface area contributed by atoms with Gasteiger partial charge in [-0.15, -0.1) is 0 Å². The minimum absolute atomic E-state index is 0.0322. The zero-order valence-corrected chi connectivity index (χ0v) is 11.2. The van der Waals surface area contributed by atoms with Gasteiger partial charge in [0.05, 0.1) is 25.7 Å². The summed E-state index contributed by atoms with van der Waals surface area (Å²) in [7, 11) is 0. The fraction of sp³-hybridized carbons (Fsp3) is 0.846. The van der Waals surface area contributed by atoms with Gasteiger partial charge in [-0.3, -0.25) is 14.5 Å². The van der Waals surface area contributed by atoms with Crippen molar-refractivity contribution in [2.75, 3.05) is 26.2 Å². The second-order valence-corrected chi connectivity index (χ2v) is 4.91. The highest BCUT2D eigenvalue weighted by Crippen LogP contribution is 2.16. The van der Waals surface area contributed by atoms with Gasteiger partial charge in [-0.2, -0.15) is 0 Å². The highest BCUT2D eigenvalue weighted by Gasteiger charge is 2.25. The summed E-state index contributed by atoms with van der Waals surface area (Å²) in [6.45, 7) is 5.82. The molecule has 0 aliphatic carbocycles. The van der Waals surface area contributed by atoms with E-state index in [0.29, 0.717) is 25.6 Å². The van der Waals surface area contributed by atoms with E-state index in [2.05, 4.69) is 0 Å². The smallest absolute Gasteiger partial charge is 0.306 e. The Balaban J connectivity index is 2.22. The van der Waals surface area contributed by atoms with E-state index in [1.54, 1.807) is 6.92 Å². The van der Waals surface area contributed by atoms with Gasteiger partial charge in [0.25, 0.3) is 0 Å². The van der Waals surface area contributed by atoms with Crippen molar-refractivity contribution >= 4 is 11.8 Å². The van der Waals surface area contributed by atoms with Crippen LogP contribution >= 0.6 is 0 Å². The molecule has 5 nitrogen and oxygen atoms in total. The second kappa shape index (κ2) is 7.48. The van der Waals surface area contributed by atoms with E-state index < -0.39 is 0 Å². The average molecular weight is 257 g/mol. The number of Topliss-reactive ketones (excluding diaryl/α,β-unsaturated/α-hetero) is 1. The maximum absolute atomic E-state index is 11.7. The molecule has 0 saturated carbocycles. The fourth-order valence-electron chi connectivity index (χ4n) is 2.06. The van der Waals surface area contributed by atoms with Crippen LogP contribution < -0.4 is 0 Å². The molecule has 0 spiro atoms. The molecule has 2 unspecified atom stereocenters. The normalized spacial score (nSPS) is 24.8. The molecule has 0 amide bonds. The third kappa shape index (κ3) is 5.14. The van der Waals surface area contributed by atoms with Gasteiger partial charge in [0.2, 0.25) is 0 Å². The molecule has 0 aromatic rings. The van der Waals surface area contributed by atoms with Crippen LogP contribution in [0.15, 0.2) is 0 Å². The number of aliphatic hydroxyl groups excluding tert-OH is 1. The van der Waals surface area contributed by atoms with Crippen LogP contribution in [0.1, 0.15) is 33.1 Å². The third-order valence-corrected chi connectivity index (χ3v) is 3.32. The quantitative estimate of drug-likeness (QED) is 0.706. The number of esters is 1. The first-order valence-electron chi connectivity index (χ1n) is 6.60. The first-order valence-corrected chi connectivity index (χ1v) is 6.60. The van der Waals surface area contributed by atoms with Gasteiger partial charge in [-0.05, 0) is 25.8 Å². The molecular formula is C13H23NO4. The van der Waals surface area contributed by atoms with Crippen LogP contribution in [-0.2, 0) is 14.3 Å². The van der Waals surface area contributed by atoms with Crippen LogP contribution in [0.4, 0.5) is 0 Å². The molecule has 1 heterocycles. The topological polar surface area (TPSA) is 66.8 Å². The zero-order valence-electron chi connectivity index (χ0n) is 11.2. The Kier molecular flexibility index (Phi) is 6.29. The summed E-state index contributed by atoms with van der Waals surface area (Å²) >= 11 is 0. The van der Waals surface area contributed by atoms with Gasteiger partial charge in [-0.25, -0.2) is 0 Å². The number of likely N-dealkylation sites (tertiary alicyclic amines) is 1. The van der Waals surface area contributed by atoms with Crippen molar-refractivity contribution in [3.05, 3.63) is 0 Å². The lowest BCUT2D eigenvalue weighted by Crippen LogP contribution is -2.44. The van der Waals surface area contributed by atoms with Crippen molar-refractivity contribution in [2.45, 2.75) is 39.2 Å². The van der Waals surface area contributed by atoms with E-state index in [0.717, 1.165) is 13.0 Å². The summed E-state index contributed by atoms with van der Waals surface area (Å²) in [6.07, 6.45) is 0.934. The van der Waals surface area contributed by atoms with Crippen molar-refractivity contribution in [3.8, 4) is 0 Å². The van der Waals surface area contributed by atoms with Crippen molar-refractivity contribution < 1.29 is 19.4 Å². The number of aliphatic hydroxyl groups is 1. The number of ether oxygens (including phenoxy) is 1. The Morgan fingerprint density at radius 1 is 1.39 bits per heavy atom. The lowest BCUT2D eigenvalue weighted by atomic mass is 9.96. The molecule has 0 bridgehead atoms. The second-order valence-electron chi connectivity index (χ2n) is 4.91. The molecule has 1 saturated heterocycles.